The fourth-order valence-corrected chi connectivity index (χ4v) is 3.32. The maximum atomic E-state index is 12.4. The van der Waals surface area contributed by atoms with Crippen LogP contribution in [0.3, 0.4) is 0 Å². The zero-order chi connectivity index (χ0) is 16.2. The fraction of sp³-hybridized carbons (Fsp3) is 0.312. The molecule has 1 aromatic carbocycles. The molecule has 0 bridgehead atoms. The predicted octanol–water partition coefficient (Wildman–Crippen LogP) is 2.41. The van der Waals surface area contributed by atoms with Crippen molar-refractivity contribution in [3.05, 3.63) is 48.4 Å². The second kappa shape index (κ2) is 6.89. The first-order valence-corrected chi connectivity index (χ1v) is 8.60. The lowest BCUT2D eigenvalue weighted by Crippen LogP contribution is -2.38. The van der Waals surface area contributed by atoms with Gasteiger partial charge in [-0.25, -0.2) is 13.1 Å². The van der Waals surface area contributed by atoms with Crippen LogP contribution in [0, 0.1) is 0 Å². The summed E-state index contributed by atoms with van der Waals surface area (Å²) in [6.45, 7) is 6.31. The molecule has 0 saturated carbocycles. The number of hydrogen-bond donors (Lipinski definition) is 2. The van der Waals surface area contributed by atoms with Crippen molar-refractivity contribution in [2.75, 3.05) is 6.54 Å². The molecular weight excluding hydrogens is 298 g/mol. The first-order valence-electron chi connectivity index (χ1n) is 7.11. The van der Waals surface area contributed by atoms with E-state index in [1.807, 2.05) is 27.0 Å². The fourth-order valence-electron chi connectivity index (χ4n) is 2.04. The number of pyridine rings is 1. The molecule has 1 atom stereocenters. The lowest BCUT2D eigenvalue weighted by Gasteiger charge is -2.14. The van der Waals surface area contributed by atoms with Gasteiger partial charge in [-0.3, -0.25) is 4.98 Å². The zero-order valence-electron chi connectivity index (χ0n) is 13.0. The predicted molar refractivity (Wildman–Crippen MR) is 89.0 cm³/mol. The molecule has 0 aliphatic heterocycles. The normalized spacial score (nSPS) is 12.9. The molecule has 0 amide bonds. The van der Waals surface area contributed by atoms with Gasteiger partial charge in [0, 0.05) is 30.4 Å². The van der Waals surface area contributed by atoms with Gasteiger partial charge in [0.2, 0.25) is 10.0 Å². The van der Waals surface area contributed by atoms with E-state index >= 15 is 0 Å². The summed E-state index contributed by atoms with van der Waals surface area (Å²) in [7, 11) is -3.53. The molecule has 1 heterocycles. The van der Waals surface area contributed by atoms with Crippen molar-refractivity contribution >= 4 is 20.8 Å². The number of nitrogens with one attached hydrogen (secondary N) is 2. The monoisotopic (exact) mass is 319 g/mol. The van der Waals surface area contributed by atoms with E-state index in [9.17, 15) is 8.42 Å². The van der Waals surface area contributed by atoms with Crippen LogP contribution in [0.5, 0.6) is 0 Å². The molecule has 22 heavy (non-hydrogen) atoms. The summed E-state index contributed by atoms with van der Waals surface area (Å²) >= 11 is 0. The van der Waals surface area contributed by atoms with Crippen molar-refractivity contribution in [1.82, 2.24) is 15.0 Å². The Labute approximate surface area is 131 Å². The van der Waals surface area contributed by atoms with Crippen molar-refractivity contribution in [2.45, 2.75) is 31.7 Å². The topological polar surface area (TPSA) is 71.1 Å². The second-order valence-corrected chi connectivity index (χ2v) is 7.25. The van der Waals surface area contributed by atoms with E-state index in [1.54, 1.807) is 36.7 Å². The highest BCUT2D eigenvalue weighted by Gasteiger charge is 2.17. The average molecular weight is 319 g/mol. The maximum Gasteiger partial charge on any atom is 0.240 e. The maximum absolute atomic E-state index is 12.4. The van der Waals surface area contributed by atoms with E-state index in [2.05, 4.69) is 15.0 Å². The number of aromatic nitrogens is 1. The van der Waals surface area contributed by atoms with Crippen LogP contribution < -0.4 is 10.0 Å². The third kappa shape index (κ3) is 4.29. The SMILES string of the molecule is CC(C)=CNC[C@@H](C)NS(=O)(=O)c1ccc2cnccc2c1. The first kappa shape index (κ1) is 16.5. The highest BCUT2D eigenvalue weighted by Crippen LogP contribution is 2.18. The van der Waals surface area contributed by atoms with Gasteiger partial charge in [0.1, 0.15) is 0 Å². The molecule has 0 aliphatic carbocycles. The van der Waals surface area contributed by atoms with Gasteiger partial charge in [-0.15, -0.1) is 0 Å². The number of fused-ring (bicyclic) bond motifs is 1. The standard InChI is InChI=1S/C16H21N3O2S/c1-12(2)9-18-10-13(3)19-22(20,21)16-5-4-15-11-17-7-6-14(15)8-16/h4-9,11,13,18-19H,10H2,1-3H3/t13-/m1/s1. The van der Waals surface area contributed by atoms with Crippen molar-refractivity contribution in [3.8, 4) is 0 Å². The van der Waals surface area contributed by atoms with Crippen LogP contribution in [0.4, 0.5) is 0 Å². The zero-order valence-corrected chi connectivity index (χ0v) is 13.8. The van der Waals surface area contributed by atoms with Gasteiger partial charge in [0.05, 0.1) is 4.90 Å². The summed E-state index contributed by atoms with van der Waals surface area (Å²) in [6, 6.07) is 6.61. The Morgan fingerprint density at radius 1 is 1.27 bits per heavy atom. The summed E-state index contributed by atoms with van der Waals surface area (Å²) in [6.07, 6.45) is 5.23. The molecule has 0 fully saturated rings. The number of allylic oxidation sites excluding steroid dienone is 1. The van der Waals surface area contributed by atoms with Crippen LogP contribution in [0.2, 0.25) is 0 Å². The quantitative estimate of drug-likeness (QED) is 0.858. The van der Waals surface area contributed by atoms with Gasteiger partial charge in [-0.2, -0.15) is 0 Å². The Kier molecular flexibility index (Phi) is 5.15. The minimum atomic E-state index is -3.53. The smallest absolute Gasteiger partial charge is 0.240 e. The molecule has 0 saturated heterocycles. The van der Waals surface area contributed by atoms with E-state index < -0.39 is 10.0 Å². The van der Waals surface area contributed by atoms with E-state index in [1.165, 1.54) is 0 Å². The van der Waals surface area contributed by atoms with Crippen LogP contribution >= 0.6 is 0 Å². The third-order valence-electron chi connectivity index (χ3n) is 3.09. The molecule has 0 aliphatic rings. The Morgan fingerprint density at radius 2 is 2.05 bits per heavy atom. The average Bonchev–Trinajstić information content (AvgIpc) is 2.45. The van der Waals surface area contributed by atoms with Crippen molar-refractivity contribution in [3.63, 3.8) is 0 Å². The Morgan fingerprint density at radius 3 is 2.77 bits per heavy atom. The number of benzene rings is 1. The van der Waals surface area contributed by atoms with Crippen molar-refractivity contribution < 1.29 is 8.42 Å². The summed E-state index contributed by atoms with van der Waals surface area (Å²) < 4.78 is 27.5. The Hall–Kier alpha value is -1.92. The van der Waals surface area contributed by atoms with Crippen LogP contribution in [-0.2, 0) is 10.0 Å². The molecule has 2 rings (SSSR count). The molecule has 2 aromatic rings. The van der Waals surface area contributed by atoms with E-state index in [-0.39, 0.29) is 10.9 Å². The van der Waals surface area contributed by atoms with Gasteiger partial charge >= 0.3 is 0 Å². The number of sulfonamides is 1. The summed E-state index contributed by atoms with van der Waals surface area (Å²) in [4.78, 5) is 4.29. The summed E-state index contributed by atoms with van der Waals surface area (Å²) in [5.41, 5.74) is 1.14. The number of nitrogens with zero attached hydrogens (tertiary/aromatic N) is 1. The first-order chi connectivity index (χ1) is 10.4. The highest BCUT2D eigenvalue weighted by atomic mass is 32.2. The molecule has 6 heteroatoms. The Bertz CT molecular complexity index is 781. The van der Waals surface area contributed by atoms with Crippen molar-refractivity contribution in [1.29, 1.82) is 0 Å². The minimum absolute atomic E-state index is 0.214. The van der Waals surface area contributed by atoms with E-state index in [4.69, 9.17) is 0 Å². The largest absolute Gasteiger partial charge is 0.389 e. The van der Waals surface area contributed by atoms with Gasteiger partial charge in [-0.1, -0.05) is 11.6 Å². The van der Waals surface area contributed by atoms with Crippen LogP contribution in [0.25, 0.3) is 10.8 Å². The summed E-state index contributed by atoms with van der Waals surface area (Å²) in [5.74, 6) is 0. The molecule has 1 aromatic heterocycles. The van der Waals surface area contributed by atoms with Gasteiger partial charge in [-0.05, 0) is 50.6 Å². The third-order valence-corrected chi connectivity index (χ3v) is 4.68. The van der Waals surface area contributed by atoms with E-state index in [0.717, 1.165) is 16.3 Å². The molecule has 0 spiro atoms. The molecule has 0 unspecified atom stereocenters. The molecule has 0 radical (unpaired) electrons. The minimum Gasteiger partial charge on any atom is -0.389 e. The van der Waals surface area contributed by atoms with Crippen LogP contribution in [0.15, 0.2) is 53.3 Å². The van der Waals surface area contributed by atoms with Gasteiger partial charge in [0.25, 0.3) is 0 Å². The lowest BCUT2D eigenvalue weighted by atomic mass is 10.2. The lowest BCUT2D eigenvalue weighted by molar-refractivity contribution is 0.554. The van der Waals surface area contributed by atoms with Crippen LogP contribution in [0.1, 0.15) is 20.8 Å². The molecule has 5 nitrogen and oxygen atoms in total. The second-order valence-electron chi connectivity index (χ2n) is 5.54. The molecule has 118 valence electrons. The van der Waals surface area contributed by atoms with Crippen LogP contribution in [-0.4, -0.2) is 26.0 Å². The van der Waals surface area contributed by atoms with E-state index in [0.29, 0.717) is 6.54 Å². The molecule has 2 N–H and O–H groups in total. The Balaban J connectivity index is 2.12. The van der Waals surface area contributed by atoms with Gasteiger partial charge in [0.15, 0.2) is 0 Å². The van der Waals surface area contributed by atoms with Gasteiger partial charge < -0.3 is 5.32 Å². The number of hydrogen-bond acceptors (Lipinski definition) is 4. The van der Waals surface area contributed by atoms with Crippen molar-refractivity contribution in [2.24, 2.45) is 0 Å². The number of rotatable bonds is 6. The molecular formula is C16H21N3O2S. The summed E-state index contributed by atoms with van der Waals surface area (Å²) in [5, 5.41) is 4.86. The highest BCUT2D eigenvalue weighted by molar-refractivity contribution is 7.89.